The number of carbonyl (C=O) groups excluding carboxylic acids is 2. The highest BCUT2D eigenvalue weighted by Crippen LogP contribution is 2.32. The maximum absolute atomic E-state index is 13.8. The van der Waals surface area contributed by atoms with Gasteiger partial charge in [0.05, 0.1) is 11.6 Å². The number of hydrogen-bond donors (Lipinski definition) is 1. The molecule has 7 nitrogen and oxygen atoms in total. The molecule has 4 rings (SSSR count). The molecule has 1 N–H and O–H groups in total. The second kappa shape index (κ2) is 7.59. The Balaban J connectivity index is 1.42. The smallest absolute Gasteiger partial charge is 0.229 e. The fraction of sp³-hybridized carbons (Fsp3) is 0.444. The van der Waals surface area contributed by atoms with Gasteiger partial charge in [-0.3, -0.25) is 14.5 Å². The van der Waals surface area contributed by atoms with Crippen molar-refractivity contribution < 1.29 is 14.0 Å². The summed E-state index contributed by atoms with van der Waals surface area (Å²) in [5.41, 5.74) is 0.199. The van der Waals surface area contributed by atoms with Crippen LogP contribution >= 0.6 is 11.3 Å². The molecule has 2 amide bonds. The zero-order valence-corrected chi connectivity index (χ0v) is 15.5. The number of benzene rings is 1. The predicted octanol–water partition coefficient (Wildman–Crippen LogP) is 2.66. The van der Waals surface area contributed by atoms with Gasteiger partial charge in [-0.2, -0.15) is 0 Å². The topological polar surface area (TPSA) is 78.4 Å². The third kappa shape index (κ3) is 3.78. The number of rotatable bonds is 4. The van der Waals surface area contributed by atoms with Gasteiger partial charge in [-0.25, -0.2) is 4.39 Å². The third-order valence-electron chi connectivity index (χ3n) is 4.90. The Kier molecular flexibility index (Phi) is 5.02. The van der Waals surface area contributed by atoms with E-state index in [2.05, 4.69) is 15.5 Å². The van der Waals surface area contributed by atoms with Crippen molar-refractivity contribution >= 4 is 39.1 Å². The first-order valence-electron chi connectivity index (χ1n) is 9.06. The van der Waals surface area contributed by atoms with E-state index in [1.807, 2.05) is 4.90 Å². The monoisotopic (exact) mass is 389 g/mol. The minimum Gasteiger partial charge on any atom is -0.346 e. The van der Waals surface area contributed by atoms with Crippen molar-refractivity contribution in [1.29, 1.82) is 0 Å². The van der Waals surface area contributed by atoms with E-state index >= 15 is 0 Å². The van der Waals surface area contributed by atoms with E-state index < -0.39 is 5.82 Å². The van der Waals surface area contributed by atoms with Crippen molar-refractivity contribution in [3.05, 3.63) is 30.1 Å². The number of nitrogens with zero attached hydrogens (tertiary/aromatic N) is 4. The van der Waals surface area contributed by atoms with E-state index in [1.165, 1.54) is 17.4 Å². The Labute approximate surface area is 160 Å². The molecule has 9 heteroatoms. The number of nitrogens with one attached hydrogen (secondary N) is 1. The fourth-order valence-corrected chi connectivity index (χ4v) is 4.38. The van der Waals surface area contributed by atoms with Gasteiger partial charge >= 0.3 is 0 Å². The lowest BCUT2D eigenvalue weighted by atomic mass is 9.97. The maximum Gasteiger partial charge on any atom is 0.229 e. The quantitative estimate of drug-likeness (QED) is 0.870. The van der Waals surface area contributed by atoms with Crippen LogP contribution in [0.5, 0.6) is 0 Å². The van der Waals surface area contributed by atoms with E-state index in [4.69, 9.17) is 0 Å². The number of hydrogen-bond acceptors (Lipinski definition) is 6. The minimum atomic E-state index is -0.442. The lowest BCUT2D eigenvalue weighted by Gasteiger charge is -2.31. The molecule has 1 aromatic heterocycles. The molecule has 2 fully saturated rings. The first kappa shape index (κ1) is 17.8. The molecular formula is C18H20FN5O2S. The van der Waals surface area contributed by atoms with Crippen LogP contribution in [-0.4, -0.2) is 41.6 Å². The van der Waals surface area contributed by atoms with Crippen molar-refractivity contribution in [2.24, 2.45) is 5.92 Å². The Bertz CT molecular complexity index is 858. The molecule has 2 aromatic rings. The average Bonchev–Trinajstić information content (AvgIpc) is 3.32. The number of amides is 2. The molecule has 1 atom stereocenters. The molecule has 3 heterocycles. The van der Waals surface area contributed by atoms with E-state index in [0.29, 0.717) is 29.8 Å². The first-order chi connectivity index (χ1) is 13.1. The molecule has 0 saturated carbocycles. The average molecular weight is 389 g/mol. The molecular weight excluding hydrogens is 369 g/mol. The first-order valence-corrected chi connectivity index (χ1v) is 9.87. The zero-order chi connectivity index (χ0) is 18.8. The lowest BCUT2D eigenvalue weighted by molar-refractivity contribution is -0.120. The summed E-state index contributed by atoms with van der Waals surface area (Å²) in [7, 11) is 0. The van der Waals surface area contributed by atoms with Crippen LogP contribution < -0.4 is 15.1 Å². The van der Waals surface area contributed by atoms with Crippen LogP contribution in [0.2, 0.25) is 0 Å². The highest BCUT2D eigenvalue weighted by molar-refractivity contribution is 7.19. The summed E-state index contributed by atoms with van der Waals surface area (Å²) in [5.74, 6) is -0.801. The van der Waals surface area contributed by atoms with Crippen molar-refractivity contribution in [1.82, 2.24) is 10.2 Å². The highest BCUT2D eigenvalue weighted by atomic mass is 32.1. The summed E-state index contributed by atoms with van der Waals surface area (Å²) in [5, 5.41) is 12.4. The van der Waals surface area contributed by atoms with Gasteiger partial charge in [0.1, 0.15) is 5.82 Å². The fourth-order valence-electron chi connectivity index (χ4n) is 3.46. The number of piperidine rings is 1. The Morgan fingerprint density at radius 3 is 2.78 bits per heavy atom. The third-order valence-corrected chi connectivity index (χ3v) is 5.91. The van der Waals surface area contributed by atoms with Crippen molar-refractivity contribution in [2.75, 3.05) is 34.8 Å². The normalized spacial score (nSPS) is 20.2. The van der Waals surface area contributed by atoms with Gasteiger partial charge in [-0.05, 0) is 31.4 Å². The lowest BCUT2D eigenvalue weighted by Crippen LogP contribution is -2.40. The number of carbonyl (C=O) groups is 2. The van der Waals surface area contributed by atoms with E-state index in [0.717, 1.165) is 25.8 Å². The van der Waals surface area contributed by atoms with Gasteiger partial charge in [-0.1, -0.05) is 23.5 Å². The molecule has 2 aliphatic rings. The predicted molar refractivity (Wildman–Crippen MR) is 101 cm³/mol. The van der Waals surface area contributed by atoms with E-state index in [1.54, 1.807) is 23.1 Å². The van der Waals surface area contributed by atoms with Crippen LogP contribution in [-0.2, 0) is 9.59 Å². The summed E-state index contributed by atoms with van der Waals surface area (Å²) in [6, 6.07) is 6.16. The molecule has 27 heavy (non-hydrogen) atoms. The molecule has 2 aliphatic heterocycles. The van der Waals surface area contributed by atoms with E-state index in [9.17, 15) is 14.0 Å². The number of anilines is 3. The number of halogens is 1. The summed E-state index contributed by atoms with van der Waals surface area (Å²) in [6.45, 7) is 1.97. The van der Waals surface area contributed by atoms with Gasteiger partial charge in [0, 0.05) is 26.1 Å². The SMILES string of the molecule is O=C(Nc1ccccc1F)C1CCCN(c2nnc(N3CCCC3=O)s2)C1. The van der Waals surface area contributed by atoms with Gasteiger partial charge < -0.3 is 10.2 Å². The molecule has 0 bridgehead atoms. The van der Waals surface area contributed by atoms with E-state index in [-0.39, 0.29) is 23.4 Å². The van der Waals surface area contributed by atoms with Crippen molar-refractivity contribution in [2.45, 2.75) is 25.7 Å². The van der Waals surface area contributed by atoms with Crippen LogP contribution in [0.15, 0.2) is 24.3 Å². The van der Waals surface area contributed by atoms with Crippen LogP contribution in [0.3, 0.4) is 0 Å². The van der Waals surface area contributed by atoms with Gasteiger partial charge in [-0.15, -0.1) is 10.2 Å². The second-order valence-electron chi connectivity index (χ2n) is 6.77. The maximum atomic E-state index is 13.8. The molecule has 1 aromatic carbocycles. The molecule has 0 aliphatic carbocycles. The van der Waals surface area contributed by atoms with Gasteiger partial charge in [0.25, 0.3) is 0 Å². The standard InChI is InChI=1S/C18H20FN5O2S/c19-13-6-1-2-7-14(13)20-16(26)12-5-3-9-23(11-12)17-21-22-18(27-17)24-10-4-8-15(24)25/h1-2,6-7,12H,3-5,8-11H2,(H,20,26). The molecule has 2 saturated heterocycles. The molecule has 0 radical (unpaired) electrons. The highest BCUT2D eigenvalue weighted by Gasteiger charge is 2.30. The minimum absolute atomic E-state index is 0.0819. The molecule has 1 unspecified atom stereocenters. The molecule has 142 valence electrons. The number of aromatic nitrogens is 2. The summed E-state index contributed by atoms with van der Waals surface area (Å²) >= 11 is 1.38. The largest absolute Gasteiger partial charge is 0.346 e. The molecule has 0 spiro atoms. The van der Waals surface area contributed by atoms with Crippen LogP contribution in [0.1, 0.15) is 25.7 Å². The van der Waals surface area contributed by atoms with Gasteiger partial charge in [0.2, 0.25) is 22.1 Å². The number of para-hydroxylation sites is 1. The van der Waals surface area contributed by atoms with Crippen molar-refractivity contribution in [3.8, 4) is 0 Å². The Morgan fingerprint density at radius 2 is 2.00 bits per heavy atom. The van der Waals surface area contributed by atoms with Gasteiger partial charge in [0.15, 0.2) is 0 Å². The summed E-state index contributed by atoms with van der Waals surface area (Å²) in [6.07, 6.45) is 2.98. The zero-order valence-electron chi connectivity index (χ0n) is 14.7. The van der Waals surface area contributed by atoms with Crippen LogP contribution in [0.4, 0.5) is 20.3 Å². The summed E-state index contributed by atoms with van der Waals surface area (Å²) in [4.78, 5) is 28.1. The second-order valence-corrected chi connectivity index (χ2v) is 7.70. The van der Waals surface area contributed by atoms with Crippen LogP contribution in [0, 0.1) is 11.7 Å². The van der Waals surface area contributed by atoms with Crippen molar-refractivity contribution in [3.63, 3.8) is 0 Å². The summed E-state index contributed by atoms with van der Waals surface area (Å²) < 4.78 is 13.8. The van der Waals surface area contributed by atoms with Crippen LogP contribution in [0.25, 0.3) is 0 Å². The Hall–Kier alpha value is -2.55. The Morgan fingerprint density at radius 1 is 1.19 bits per heavy atom.